The van der Waals surface area contributed by atoms with Crippen molar-refractivity contribution >= 4 is 12.7 Å². The zero-order chi connectivity index (χ0) is 16.4. The lowest BCUT2D eigenvalue weighted by Crippen LogP contribution is -2.33. The second-order valence-corrected chi connectivity index (χ2v) is 5.40. The Morgan fingerprint density at radius 1 is 1.13 bits per heavy atom. The molecule has 0 spiro atoms. The molecule has 116 valence electrons. The molecule has 3 rings (SSSR count). The van der Waals surface area contributed by atoms with Gasteiger partial charge in [0.25, 0.3) is 5.56 Å². The average molecular weight is 306 g/mol. The van der Waals surface area contributed by atoms with Crippen LogP contribution in [0, 0.1) is 0 Å². The summed E-state index contributed by atoms with van der Waals surface area (Å²) in [5.74, 6) is 0.194. The van der Waals surface area contributed by atoms with Gasteiger partial charge < -0.3 is 5.11 Å². The molecule has 0 saturated heterocycles. The van der Waals surface area contributed by atoms with Crippen molar-refractivity contribution in [1.29, 1.82) is 0 Å². The third-order valence-electron chi connectivity index (χ3n) is 3.81. The SMILES string of the molecule is C=c1[nH]n(-c2ccc(CC)cc2)c(=O)c1=Cc1ccc(O)cc1. The van der Waals surface area contributed by atoms with Crippen molar-refractivity contribution in [1.82, 2.24) is 9.78 Å². The van der Waals surface area contributed by atoms with Crippen molar-refractivity contribution in [2.45, 2.75) is 13.3 Å². The average Bonchev–Trinajstić information content (AvgIpc) is 2.85. The molecule has 0 fully saturated rings. The monoisotopic (exact) mass is 306 g/mol. The van der Waals surface area contributed by atoms with Gasteiger partial charge in [-0.15, -0.1) is 0 Å². The van der Waals surface area contributed by atoms with Crippen LogP contribution < -0.4 is 16.1 Å². The molecule has 0 unspecified atom stereocenters. The highest BCUT2D eigenvalue weighted by molar-refractivity contribution is 5.50. The molecule has 0 aliphatic rings. The van der Waals surface area contributed by atoms with E-state index in [0.717, 1.165) is 17.7 Å². The maximum atomic E-state index is 12.6. The van der Waals surface area contributed by atoms with Crippen LogP contribution in [0.15, 0.2) is 53.3 Å². The number of aromatic nitrogens is 2. The standard InChI is InChI=1S/C19H18N2O2/c1-3-14-4-8-16(9-5-14)21-19(23)18(13(2)20-21)12-15-6-10-17(22)11-7-15/h4-12,20,22H,2-3H2,1H3. The Kier molecular flexibility index (Phi) is 3.89. The van der Waals surface area contributed by atoms with E-state index in [2.05, 4.69) is 18.6 Å². The van der Waals surface area contributed by atoms with Gasteiger partial charge in [-0.05, 0) is 47.9 Å². The van der Waals surface area contributed by atoms with Crippen LogP contribution in [0.4, 0.5) is 0 Å². The minimum atomic E-state index is -0.146. The van der Waals surface area contributed by atoms with Gasteiger partial charge in [0.1, 0.15) is 5.75 Å². The topological polar surface area (TPSA) is 58.0 Å². The van der Waals surface area contributed by atoms with Gasteiger partial charge in [0.15, 0.2) is 0 Å². The van der Waals surface area contributed by atoms with Gasteiger partial charge in [0.05, 0.1) is 16.3 Å². The zero-order valence-corrected chi connectivity index (χ0v) is 12.9. The molecule has 0 aliphatic carbocycles. The van der Waals surface area contributed by atoms with E-state index in [9.17, 15) is 9.90 Å². The fourth-order valence-electron chi connectivity index (χ4n) is 2.44. The second-order valence-electron chi connectivity index (χ2n) is 5.40. The van der Waals surface area contributed by atoms with Crippen molar-refractivity contribution in [3.63, 3.8) is 0 Å². The summed E-state index contributed by atoms with van der Waals surface area (Å²) in [6, 6.07) is 14.5. The van der Waals surface area contributed by atoms with Gasteiger partial charge in [-0.25, -0.2) is 4.68 Å². The molecule has 23 heavy (non-hydrogen) atoms. The van der Waals surface area contributed by atoms with Crippen LogP contribution in [0.3, 0.4) is 0 Å². The van der Waals surface area contributed by atoms with Gasteiger partial charge in [0, 0.05) is 0 Å². The fraction of sp³-hybridized carbons (Fsp3) is 0.105. The molecule has 0 atom stereocenters. The number of aromatic hydroxyl groups is 1. The minimum absolute atomic E-state index is 0.146. The third kappa shape index (κ3) is 2.97. The van der Waals surface area contributed by atoms with Gasteiger partial charge in [-0.1, -0.05) is 37.8 Å². The molecule has 2 N–H and O–H groups in total. The van der Waals surface area contributed by atoms with Crippen LogP contribution in [-0.4, -0.2) is 14.9 Å². The molecule has 0 aliphatic heterocycles. The maximum Gasteiger partial charge on any atom is 0.279 e. The number of nitrogens with zero attached hydrogens (tertiary/aromatic N) is 1. The Morgan fingerprint density at radius 2 is 1.78 bits per heavy atom. The van der Waals surface area contributed by atoms with Gasteiger partial charge >= 0.3 is 0 Å². The maximum absolute atomic E-state index is 12.6. The molecule has 0 amide bonds. The first-order chi connectivity index (χ1) is 11.1. The number of benzene rings is 2. The zero-order valence-electron chi connectivity index (χ0n) is 12.9. The van der Waals surface area contributed by atoms with Crippen LogP contribution in [0.1, 0.15) is 18.1 Å². The number of aromatic amines is 1. The highest BCUT2D eigenvalue weighted by Gasteiger charge is 2.04. The Bertz CT molecular complexity index is 978. The first-order valence-electron chi connectivity index (χ1n) is 7.48. The normalized spacial score (nSPS) is 11.8. The summed E-state index contributed by atoms with van der Waals surface area (Å²) in [4.78, 5) is 12.6. The molecule has 3 aromatic rings. The lowest BCUT2D eigenvalue weighted by atomic mass is 10.1. The van der Waals surface area contributed by atoms with Crippen LogP contribution >= 0.6 is 0 Å². The van der Waals surface area contributed by atoms with E-state index >= 15 is 0 Å². The predicted molar refractivity (Wildman–Crippen MR) is 92.2 cm³/mol. The summed E-state index contributed by atoms with van der Waals surface area (Å²) in [5.41, 5.74) is 2.69. The lowest BCUT2D eigenvalue weighted by molar-refractivity contribution is 0.475. The minimum Gasteiger partial charge on any atom is -0.508 e. The predicted octanol–water partition coefficient (Wildman–Crippen LogP) is 1.67. The molecule has 0 saturated carbocycles. The largest absolute Gasteiger partial charge is 0.508 e. The molecular formula is C19H18N2O2. The number of H-pyrrole nitrogens is 1. The van der Waals surface area contributed by atoms with E-state index in [-0.39, 0.29) is 11.3 Å². The number of aryl methyl sites for hydroxylation is 1. The molecule has 4 nitrogen and oxygen atoms in total. The van der Waals surface area contributed by atoms with E-state index in [1.165, 1.54) is 10.2 Å². The Balaban J connectivity index is 2.10. The van der Waals surface area contributed by atoms with Crippen LogP contribution in [0.5, 0.6) is 5.75 Å². The van der Waals surface area contributed by atoms with Gasteiger partial charge in [-0.3, -0.25) is 9.89 Å². The van der Waals surface area contributed by atoms with Crippen molar-refractivity contribution in [3.05, 3.63) is 80.6 Å². The van der Waals surface area contributed by atoms with Crippen molar-refractivity contribution < 1.29 is 5.11 Å². The third-order valence-corrected chi connectivity index (χ3v) is 3.81. The summed E-state index contributed by atoms with van der Waals surface area (Å²) in [7, 11) is 0. The Labute approximate surface area is 133 Å². The highest BCUT2D eigenvalue weighted by Crippen LogP contribution is 2.09. The van der Waals surface area contributed by atoms with Crippen molar-refractivity contribution in [2.75, 3.05) is 0 Å². The summed E-state index contributed by atoms with van der Waals surface area (Å²) in [6.45, 7) is 6.01. The summed E-state index contributed by atoms with van der Waals surface area (Å²) in [5, 5.41) is 13.4. The van der Waals surface area contributed by atoms with E-state index in [1.54, 1.807) is 30.3 Å². The van der Waals surface area contributed by atoms with E-state index < -0.39 is 0 Å². The van der Waals surface area contributed by atoms with Crippen LogP contribution in [0.25, 0.3) is 18.3 Å². The van der Waals surface area contributed by atoms with E-state index in [4.69, 9.17) is 0 Å². The molecule has 0 radical (unpaired) electrons. The smallest absolute Gasteiger partial charge is 0.279 e. The molecule has 0 bridgehead atoms. The molecular weight excluding hydrogens is 288 g/mol. The van der Waals surface area contributed by atoms with E-state index in [1.807, 2.05) is 24.3 Å². The quantitative estimate of drug-likeness (QED) is 0.773. The Morgan fingerprint density at radius 3 is 2.39 bits per heavy atom. The van der Waals surface area contributed by atoms with Crippen molar-refractivity contribution in [3.8, 4) is 11.4 Å². The molecule has 1 aromatic heterocycles. The van der Waals surface area contributed by atoms with Gasteiger partial charge in [-0.2, -0.15) is 0 Å². The summed E-state index contributed by atoms with van der Waals surface area (Å²) >= 11 is 0. The number of hydrogen-bond acceptors (Lipinski definition) is 2. The number of rotatable bonds is 3. The first kappa shape index (κ1) is 14.9. The number of hydrogen-bond donors (Lipinski definition) is 2. The first-order valence-corrected chi connectivity index (χ1v) is 7.48. The fourth-order valence-corrected chi connectivity index (χ4v) is 2.44. The lowest BCUT2D eigenvalue weighted by Gasteiger charge is -2.02. The van der Waals surface area contributed by atoms with Crippen molar-refractivity contribution in [2.24, 2.45) is 0 Å². The van der Waals surface area contributed by atoms with Gasteiger partial charge in [0.2, 0.25) is 0 Å². The molecule has 2 aromatic carbocycles. The molecule has 1 heterocycles. The highest BCUT2D eigenvalue weighted by atomic mass is 16.3. The number of nitrogens with one attached hydrogen (secondary N) is 1. The van der Waals surface area contributed by atoms with Crippen LogP contribution in [0.2, 0.25) is 0 Å². The second kappa shape index (κ2) is 6.01. The summed E-state index contributed by atoms with van der Waals surface area (Å²) < 4.78 is 1.49. The van der Waals surface area contributed by atoms with E-state index in [0.29, 0.717) is 10.6 Å². The number of phenols is 1. The molecule has 4 heteroatoms. The Hall–Kier alpha value is -3.01. The summed E-state index contributed by atoms with van der Waals surface area (Å²) in [6.07, 6.45) is 2.72. The number of phenolic OH excluding ortho intramolecular Hbond substituents is 1. The van der Waals surface area contributed by atoms with Crippen LogP contribution in [-0.2, 0) is 6.42 Å².